The number of carbonyl (C=O) groups is 1. The molecule has 3 aromatic rings. The minimum absolute atomic E-state index is 0.156. The number of hydrazone groups is 1. The van der Waals surface area contributed by atoms with Crippen molar-refractivity contribution in [3.05, 3.63) is 90.0 Å². The van der Waals surface area contributed by atoms with Gasteiger partial charge in [-0.3, -0.25) is 4.79 Å². The normalized spacial score (nSPS) is 10.6. The Kier molecular flexibility index (Phi) is 6.62. The number of nitrogens with zero attached hydrogens (tertiary/aromatic N) is 1. The molecule has 0 bridgehead atoms. The fourth-order valence-corrected chi connectivity index (χ4v) is 2.29. The Morgan fingerprint density at radius 1 is 0.893 bits per heavy atom. The molecule has 0 aliphatic rings. The third-order valence-corrected chi connectivity index (χ3v) is 3.74. The number of ether oxygens (including phenoxy) is 2. The van der Waals surface area contributed by atoms with E-state index in [1.54, 1.807) is 48.5 Å². The number of nitrogens with one attached hydrogen (secondary N) is 1. The average molecular weight is 376 g/mol. The Labute approximate surface area is 163 Å². The summed E-state index contributed by atoms with van der Waals surface area (Å²) < 4.78 is 11.1. The molecule has 3 rings (SSSR count). The Bertz CT molecular complexity index is 908. The van der Waals surface area contributed by atoms with Gasteiger partial charge in [-0.15, -0.1) is 0 Å². The number of aromatic hydroxyl groups is 1. The summed E-state index contributed by atoms with van der Waals surface area (Å²) in [5.41, 5.74) is 4.23. The van der Waals surface area contributed by atoms with Crippen molar-refractivity contribution in [1.29, 1.82) is 0 Å². The van der Waals surface area contributed by atoms with E-state index in [-0.39, 0.29) is 18.3 Å². The number of benzene rings is 3. The van der Waals surface area contributed by atoms with E-state index in [9.17, 15) is 9.90 Å². The van der Waals surface area contributed by atoms with Crippen LogP contribution in [0.15, 0.2) is 84.0 Å². The summed E-state index contributed by atoms with van der Waals surface area (Å²) in [6.45, 7) is 0.333. The smallest absolute Gasteiger partial charge is 0.277 e. The highest BCUT2D eigenvalue weighted by atomic mass is 16.5. The van der Waals surface area contributed by atoms with Crippen LogP contribution in [0.25, 0.3) is 0 Å². The van der Waals surface area contributed by atoms with Crippen LogP contribution in [0.5, 0.6) is 17.2 Å². The minimum atomic E-state index is -0.376. The zero-order chi connectivity index (χ0) is 19.6. The third kappa shape index (κ3) is 6.17. The molecule has 2 N–H and O–H groups in total. The number of phenolic OH excluding ortho intramolecular Hbond substituents is 1. The van der Waals surface area contributed by atoms with Gasteiger partial charge in [0.05, 0.1) is 6.21 Å². The summed E-state index contributed by atoms with van der Waals surface area (Å²) in [7, 11) is 0. The van der Waals surface area contributed by atoms with Crippen LogP contribution < -0.4 is 14.9 Å². The molecule has 0 atom stereocenters. The average Bonchev–Trinajstić information content (AvgIpc) is 2.74. The van der Waals surface area contributed by atoms with Gasteiger partial charge in [0, 0.05) is 0 Å². The van der Waals surface area contributed by atoms with Crippen LogP contribution >= 0.6 is 0 Å². The Balaban J connectivity index is 1.40. The molecule has 3 aromatic carbocycles. The summed E-state index contributed by atoms with van der Waals surface area (Å²) in [5, 5.41) is 13.1. The molecule has 142 valence electrons. The second-order valence-electron chi connectivity index (χ2n) is 5.92. The first-order valence-electron chi connectivity index (χ1n) is 8.69. The topological polar surface area (TPSA) is 80.2 Å². The molecular weight excluding hydrogens is 356 g/mol. The standard InChI is InChI=1S/C22H20N2O4/c25-19-8-6-17(7-9-19)14-23-24-22(26)16-28-21-12-10-20(11-13-21)27-15-18-4-2-1-3-5-18/h1-14,25H,15-16H2,(H,24,26). The molecule has 6 nitrogen and oxygen atoms in total. The van der Waals surface area contributed by atoms with Crippen LogP contribution in [0, 0.1) is 0 Å². The Morgan fingerprint density at radius 3 is 2.21 bits per heavy atom. The van der Waals surface area contributed by atoms with Crippen LogP contribution in [-0.4, -0.2) is 23.8 Å². The van der Waals surface area contributed by atoms with Crippen molar-refractivity contribution in [2.75, 3.05) is 6.61 Å². The molecule has 28 heavy (non-hydrogen) atoms. The van der Waals surface area contributed by atoms with E-state index in [0.717, 1.165) is 16.9 Å². The first kappa shape index (κ1) is 19.0. The lowest BCUT2D eigenvalue weighted by Gasteiger charge is -2.08. The molecule has 1 amide bonds. The maximum Gasteiger partial charge on any atom is 0.277 e. The number of carbonyl (C=O) groups excluding carboxylic acids is 1. The predicted molar refractivity (Wildman–Crippen MR) is 107 cm³/mol. The van der Waals surface area contributed by atoms with Crippen LogP contribution in [0.4, 0.5) is 0 Å². The molecule has 0 radical (unpaired) electrons. The van der Waals surface area contributed by atoms with Crippen molar-refractivity contribution in [2.45, 2.75) is 6.61 Å². The monoisotopic (exact) mass is 376 g/mol. The van der Waals surface area contributed by atoms with E-state index >= 15 is 0 Å². The van der Waals surface area contributed by atoms with E-state index in [1.807, 2.05) is 30.3 Å². The van der Waals surface area contributed by atoms with Gasteiger partial charge in [-0.1, -0.05) is 30.3 Å². The molecular formula is C22H20N2O4. The summed E-state index contributed by atoms with van der Waals surface area (Å²) in [4.78, 5) is 11.8. The maximum atomic E-state index is 11.8. The van der Waals surface area contributed by atoms with Gasteiger partial charge in [-0.25, -0.2) is 5.43 Å². The van der Waals surface area contributed by atoms with Gasteiger partial charge in [-0.2, -0.15) is 5.10 Å². The van der Waals surface area contributed by atoms with Crippen molar-refractivity contribution in [3.63, 3.8) is 0 Å². The van der Waals surface area contributed by atoms with Crippen LogP contribution in [-0.2, 0) is 11.4 Å². The fourth-order valence-electron chi connectivity index (χ4n) is 2.29. The fraction of sp³-hybridized carbons (Fsp3) is 0.0909. The maximum absolute atomic E-state index is 11.8. The van der Waals surface area contributed by atoms with Crippen molar-refractivity contribution in [3.8, 4) is 17.2 Å². The molecule has 6 heteroatoms. The third-order valence-electron chi connectivity index (χ3n) is 3.74. The number of hydrogen-bond acceptors (Lipinski definition) is 5. The summed E-state index contributed by atoms with van der Waals surface area (Å²) in [6.07, 6.45) is 1.48. The largest absolute Gasteiger partial charge is 0.508 e. The minimum Gasteiger partial charge on any atom is -0.508 e. The van der Waals surface area contributed by atoms with Crippen molar-refractivity contribution in [1.82, 2.24) is 5.43 Å². The molecule has 0 aromatic heterocycles. The molecule has 0 saturated carbocycles. The zero-order valence-electron chi connectivity index (χ0n) is 15.1. The molecule has 0 fully saturated rings. The van der Waals surface area contributed by atoms with Gasteiger partial charge in [0.1, 0.15) is 23.9 Å². The van der Waals surface area contributed by atoms with E-state index in [4.69, 9.17) is 9.47 Å². The molecule has 0 aliphatic carbocycles. The highest BCUT2D eigenvalue weighted by molar-refractivity contribution is 5.83. The first-order chi connectivity index (χ1) is 13.7. The van der Waals surface area contributed by atoms with Crippen LogP contribution in [0.2, 0.25) is 0 Å². The highest BCUT2D eigenvalue weighted by Gasteiger charge is 2.02. The predicted octanol–water partition coefficient (Wildman–Crippen LogP) is 3.50. The van der Waals surface area contributed by atoms with E-state index in [1.165, 1.54) is 6.21 Å². The highest BCUT2D eigenvalue weighted by Crippen LogP contribution is 2.18. The van der Waals surface area contributed by atoms with E-state index in [0.29, 0.717) is 12.4 Å². The number of phenols is 1. The van der Waals surface area contributed by atoms with Crippen molar-refractivity contribution in [2.24, 2.45) is 5.10 Å². The second-order valence-corrected chi connectivity index (χ2v) is 5.92. The van der Waals surface area contributed by atoms with Gasteiger partial charge in [0.15, 0.2) is 6.61 Å². The summed E-state index contributed by atoms with van der Waals surface area (Å²) in [5.74, 6) is 1.08. The molecule has 0 heterocycles. The summed E-state index contributed by atoms with van der Waals surface area (Å²) in [6, 6.07) is 23.4. The summed E-state index contributed by atoms with van der Waals surface area (Å²) >= 11 is 0. The van der Waals surface area contributed by atoms with Gasteiger partial charge in [0.25, 0.3) is 5.91 Å². The molecule has 0 spiro atoms. The quantitative estimate of drug-likeness (QED) is 0.466. The van der Waals surface area contributed by atoms with E-state index in [2.05, 4.69) is 10.5 Å². The lowest BCUT2D eigenvalue weighted by atomic mass is 10.2. The molecule has 0 unspecified atom stereocenters. The SMILES string of the molecule is O=C(COc1ccc(OCc2ccccc2)cc1)NN=Cc1ccc(O)cc1. The Hall–Kier alpha value is -3.80. The Morgan fingerprint density at radius 2 is 1.54 bits per heavy atom. The van der Waals surface area contributed by atoms with E-state index < -0.39 is 0 Å². The lowest BCUT2D eigenvalue weighted by Crippen LogP contribution is -2.24. The van der Waals surface area contributed by atoms with Gasteiger partial charge in [0.2, 0.25) is 0 Å². The number of rotatable bonds is 8. The number of hydrogen-bond donors (Lipinski definition) is 2. The van der Waals surface area contributed by atoms with Crippen LogP contribution in [0.3, 0.4) is 0 Å². The number of amides is 1. The van der Waals surface area contributed by atoms with Gasteiger partial charge < -0.3 is 14.6 Å². The zero-order valence-corrected chi connectivity index (χ0v) is 15.1. The van der Waals surface area contributed by atoms with Crippen molar-refractivity contribution >= 4 is 12.1 Å². The molecule has 0 aliphatic heterocycles. The van der Waals surface area contributed by atoms with Gasteiger partial charge >= 0.3 is 0 Å². The van der Waals surface area contributed by atoms with Crippen LogP contribution in [0.1, 0.15) is 11.1 Å². The first-order valence-corrected chi connectivity index (χ1v) is 8.69. The lowest BCUT2D eigenvalue weighted by molar-refractivity contribution is -0.123. The van der Waals surface area contributed by atoms with Gasteiger partial charge in [-0.05, 0) is 59.7 Å². The van der Waals surface area contributed by atoms with Crippen molar-refractivity contribution < 1.29 is 19.4 Å². The molecule has 0 saturated heterocycles. The second kappa shape index (κ2) is 9.78.